The number of halogens is 3. The summed E-state index contributed by atoms with van der Waals surface area (Å²) in [4.78, 5) is 12.1. The number of carbonyl (C=O) groups excluding carboxylic acids is 1. The molecule has 2 rings (SSSR count). The summed E-state index contributed by atoms with van der Waals surface area (Å²) in [7, 11) is -2.39. The Bertz CT molecular complexity index is 908. The van der Waals surface area contributed by atoms with Gasteiger partial charge in [0, 0.05) is 5.69 Å². The Balaban J connectivity index is 2.12. The van der Waals surface area contributed by atoms with Gasteiger partial charge in [0.05, 0.1) is 16.9 Å². The van der Waals surface area contributed by atoms with E-state index in [4.69, 9.17) is 0 Å². The van der Waals surface area contributed by atoms with Gasteiger partial charge in [0.25, 0.3) is 0 Å². The second-order valence-electron chi connectivity index (χ2n) is 5.61. The second kappa shape index (κ2) is 7.46. The topological polar surface area (TPSA) is 75.3 Å². The molecule has 0 saturated heterocycles. The highest BCUT2D eigenvalue weighted by Gasteiger charge is 2.30. The lowest BCUT2D eigenvalue weighted by Crippen LogP contribution is -2.20. The molecule has 0 bridgehead atoms. The first kappa shape index (κ1) is 19.9. The van der Waals surface area contributed by atoms with Gasteiger partial charge in [-0.05, 0) is 49.4 Å². The van der Waals surface area contributed by atoms with Gasteiger partial charge in [0.1, 0.15) is 0 Å². The zero-order valence-corrected chi connectivity index (χ0v) is 14.8. The number of amides is 1. The average molecular weight is 386 g/mol. The van der Waals surface area contributed by atoms with Gasteiger partial charge in [-0.1, -0.05) is 18.2 Å². The highest BCUT2D eigenvalue weighted by atomic mass is 32.2. The molecule has 0 aromatic heterocycles. The number of hydrogen-bond donors (Lipinski definition) is 2. The summed E-state index contributed by atoms with van der Waals surface area (Å²) in [6, 6.07) is 8.71. The van der Waals surface area contributed by atoms with Crippen LogP contribution in [0.5, 0.6) is 0 Å². The Labute approximate surface area is 149 Å². The number of alkyl halides is 3. The molecule has 9 heteroatoms. The van der Waals surface area contributed by atoms with E-state index in [9.17, 15) is 26.4 Å². The van der Waals surface area contributed by atoms with Crippen LogP contribution in [-0.4, -0.2) is 21.4 Å². The van der Waals surface area contributed by atoms with E-state index >= 15 is 0 Å². The summed E-state index contributed by atoms with van der Waals surface area (Å²) in [6.45, 7) is 1.62. The van der Waals surface area contributed by atoms with Crippen molar-refractivity contribution in [3.8, 4) is 0 Å². The minimum Gasteiger partial charge on any atom is -0.326 e. The van der Waals surface area contributed by atoms with Crippen molar-refractivity contribution in [3.63, 3.8) is 0 Å². The number of nitrogens with one attached hydrogen (secondary N) is 2. The summed E-state index contributed by atoms with van der Waals surface area (Å²) in [5.41, 5.74) is 0.411. The van der Waals surface area contributed by atoms with Gasteiger partial charge in [-0.15, -0.1) is 0 Å². The molecule has 2 N–H and O–H groups in total. The molecule has 2 aromatic rings. The maximum absolute atomic E-state index is 12.5. The van der Waals surface area contributed by atoms with Crippen molar-refractivity contribution in [3.05, 3.63) is 59.2 Å². The van der Waals surface area contributed by atoms with Crippen molar-refractivity contribution in [2.45, 2.75) is 24.4 Å². The second-order valence-corrected chi connectivity index (χ2v) is 7.46. The summed E-state index contributed by atoms with van der Waals surface area (Å²) >= 11 is 0. The van der Waals surface area contributed by atoms with Crippen molar-refractivity contribution in [1.29, 1.82) is 0 Å². The molecule has 0 radical (unpaired) electrons. The van der Waals surface area contributed by atoms with Gasteiger partial charge in [-0.2, -0.15) is 13.2 Å². The molecule has 0 spiro atoms. The highest BCUT2D eigenvalue weighted by molar-refractivity contribution is 7.89. The van der Waals surface area contributed by atoms with Gasteiger partial charge in [-0.25, -0.2) is 13.1 Å². The minimum atomic E-state index is -4.43. The van der Waals surface area contributed by atoms with E-state index in [-0.39, 0.29) is 17.0 Å². The molecule has 140 valence electrons. The Morgan fingerprint density at radius 2 is 1.69 bits per heavy atom. The predicted octanol–water partition coefficient (Wildman–Crippen LogP) is 3.10. The molecule has 0 atom stereocenters. The fourth-order valence-corrected chi connectivity index (χ4v) is 3.27. The molecule has 0 heterocycles. The quantitative estimate of drug-likeness (QED) is 0.829. The van der Waals surface area contributed by atoms with Gasteiger partial charge in [-0.3, -0.25) is 4.79 Å². The number of carbonyl (C=O) groups is 1. The van der Waals surface area contributed by atoms with Crippen molar-refractivity contribution in [1.82, 2.24) is 4.72 Å². The molecule has 0 aliphatic rings. The molecule has 0 fully saturated rings. The molecule has 1 amide bonds. The molecule has 0 aliphatic heterocycles. The monoisotopic (exact) mass is 386 g/mol. The Morgan fingerprint density at radius 3 is 2.23 bits per heavy atom. The number of hydrogen-bond acceptors (Lipinski definition) is 3. The van der Waals surface area contributed by atoms with Crippen LogP contribution >= 0.6 is 0 Å². The number of aryl methyl sites for hydroxylation is 1. The molecule has 0 unspecified atom stereocenters. The first-order chi connectivity index (χ1) is 12.0. The van der Waals surface area contributed by atoms with Crippen LogP contribution in [0, 0.1) is 6.92 Å². The molecule has 0 aliphatic carbocycles. The summed E-state index contributed by atoms with van der Waals surface area (Å²) in [5, 5.41) is 2.55. The van der Waals surface area contributed by atoms with E-state index in [0.29, 0.717) is 11.1 Å². The van der Waals surface area contributed by atoms with Crippen molar-refractivity contribution in [2.24, 2.45) is 0 Å². The highest BCUT2D eigenvalue weighted by Crippen LogP contribution is 2.29. The van der Waals surface area contributed by atoms with Gasteiger partial charge in [0.15, 0.2) is 0 Å². The smallest absolute Gasteiger partial charge is 0.326 e. The molecule has 2 aromatic carbocycles. The van der Waals surface area contributed by atoms with Crippen LogP contribution in [-0.2, 0) is 27.4 Å². The van der Waals surface area contributed by atoms with E-state index in [1.165, 1.54) is 25.2 Å². The van der Waals surface area contributed by atoms with Crippen molar-refractivity contribution < 1.29 is 26.4 Å². The van der Waals surface area contributed by atoms with E-state index in [0.717, 1.165) is 12.1 Å². The van der Waals surface area contributed by atoms with Crippen LogP contribution in [0.15, 0.2) is 47.4 Å². The standard InChI is InChI=1S/C17H17F3N2O3S/c1-11-3-8-14(10-15(11)26(24,25)21-2)22-16(23)9-12-4-6-13(7-5-12)17(18,19)20/h3-8,10,21H,9H2,1-2H3,(H,22,23). The molecular formula is C17H17F3N2O3S. The average Bonchev–Trinajstić information content (AvgIpc) is 2.56. The zero-order chi connectivity index (χ0) is 19.5. The predicted molar refractivity (Wildman–Crippen MR) is 91.2 cm³/mol. The van der Waals surface area contributed by atoms with Gasteiger partial charge < -0.3 is 5.32 Å². The van der Waals surface area contributed by atoms with E-state index in [2.05, 4.69) is 10.0 Å². The first-order valence-corrected chi connectivity index (χ1v) is 9.01. The lowest BCUT2D eigenvalue weighted by atomic mass is 10.1. The van der Waals surface area contributed by atoms with Crippen LogP contribution < -0.4 is 10.0 Å². The fourth-order valence-electron chi connectivity index (χ4n) is 2.28. The molecule has 26 heavy (non-hydrogen) atoms. The Kier molecular flexibility index (Phi) is 5.72. The molecule has 0 saturated carbocycles. The third-order valence-electron chi connectivity index (χ3n) is 3.68. The maximum atomic E-state index is 12.5. The number of sulfonamides is 1. The van der Waals surface area contributed by atoms with Crippen molar-refractivity contribution in [2.75, 3.05) is 12.4 Å². The van der Waals surface area contributed by atoms with Crippen LogP contribution in [0.25, 0.3) is 0 Å². The maximum Gasteiger partial charge on any atom is 0.416 e. The van der Waals surface area contributed by atoms with Crippen LogP contribution in [0.2, 0.25) is 0 Å². The summed E-state index contributed by atoms with van der Waals surface area (Å²) in [6.07, 6.45) is -4.57. The van der Waals surface area contributed by atoms with Crippen LogP contribution in [0.3, 0.4) is 0 Å². The van der Waals surface area contributed by atoms with Crippen LogP contribution in [0.1, 0.15) is 16.7 Å². The summed E-state index contributed by atoms with van der Waals surface area (Å²) < 4.78 is 63.7. The largest absolute Gasteiger partial charge is 0.416 e. The number of rotatable bonds is 5. The van der Waals surface area contributed by atoms with Gasteiger partial charge in [0.2, 0.25) is 15.9 Å². The normalized spacial score (nSPS) is 12.0. The SMILES string of the molecule is CNS(=O)(=O)c1cc(NC(=O)Cc2ccc(C(F)(F)F)cc2)ccc1C. The molecule has 5 nitrogen and oxygen atoms in total. The minimum absolute atomic E-state index is 0.0346. The lowest BCUT2D eigenvalue weighted by Gasteiger charge is -2.11. The van der Waals surface area contributed by atoms with Crippen LogP contribution in [0.4, 0.5) is 18.9 Å². The number of anilines is 1. The fraction of sp³-hybridized carbons (Fsp3) is 0.235. The zero-order valence-electron chi connectivity index (χ0n) is 14.0. The van der Waals surface area contributed by atoms with E-state index in [1.54, 1.807) is 19.1 Å². The third kappa shape index (κ3) is 4.83. The Hall–Kier alpha value is -2.39. The van der Waals surface area contributed by atoms with E-state index in [1.807, 2.05) is 0 Å². The Morgan fingerprint density at radius 1 is 1.08 bits per heavy atom. The number of benzene rings is 2. The van der Waals surface area contributed by atoms with Gasteiger partial charge >= 0.3 is 6.18 Å². The first-order valence-electron chi connectivity index (χ1n) is 7.53. The summed E-state index contributed by atoms with van der Waals surface area (Å²) in [5.74, 6) is -0.471. The third-order valence-corrected chi connectivity index (χ3v) is 5.23. The molecular weight excluding hydrogens is 369 g/mol. The van der Waals surface area contributed by atoms with E-state index < -0.39 is 27.7 Å². The van der Waals surface area contributed by atoms with Crippen molar-refractivity contribution >= 4 is 21.6 Å². The lowest BCUT2D eigenvalue weighted by molar-refractivity contribution is -0.137.